The van der Waals surface area contributed by atoms with Crippen molar-refractivity contribution >= 4 is 21.6 Å². The van der Waals surface area contributed by atoms with Gasteiger partial charge in [0.2, 0.25) is 0 Å². The maximum absolute atomic E-state index is 10.9. The van der Waals surface area contributed by atoms with Gasteiger partial charge in [-0.3, -0.25) is 10.1 Å². The number of nitro benzene ring substituents is 1. The van der Waals surface area contributed by atoms with Crippen molar-refractivity contribution in [2.75, 3.05) is 0 Å². The molecule has 4 nitrogen and oxygen atoms in total. The molecule has 1 aliphatic rings. The normalized spacial score (nSPS) is 26.4. The molecule has 0 heterocycles. The quantitative estimate of drug-likeness (QED) is 0.657. The molecule has 1 aromatic carbocycles. The van der Waals surface area contributed by atoms with E-state index < -0.39 is 0 Å². The maximum Gasteiger partial charge on any atom is 0.283 e. The zero-order chi connectivity index (χ0) is 14.7. The van der Waals surface area contributed by atoms with Crippen molar-refractivity contribution in [1.82, 2.24) is 5.32 Å². The molecule has 0 aromatic heterocycles. The Labute approximate surface area is 128 Å². The number of nitrogens with one attached hydrogen (secondary N) is 1. The lowest BCUT2D eigenvalue weighted by Crippen LogP contribution is -2.38. The van der Waals surface area contributed by atoms with E-state index in [1.54, 1.807) is 6.07 Å². The van der Waals surface area contributed by atoms with E-state index in [9.17, 15) is 10.1 Å². The molecule has 0 spiro atoms. The number of halogens is 1. The van der Waals surface area contributed by atoms with Gasteiger partial charge in [0.25, 0.3) is 5.69 Å². The average molecular weight is 341 g/mol. The molecule has 1 fully saturated rings. The standard InChI is InChI=1S/C15H21BrN2O2/c1-10-6-7-13(11(2)8-10)17-9-12-4-3-5-14(15(12)16)18(19)20/h3-5,10-11,13,17H,6-9H2,1-2H3. The van der Waals surface area contributed by atoms with Crippen molar-refractivity contribution in [3.8, 4) is 0 Å². The highest BCUT2D eigenvalue weighted by molar-refractivity contribution is 9.10. The molecule has 0 saturated heterocycles. The number of hydrogen-bond acceptors (Lipinski definition) is 3. The molecule has 110 valence electrons. The van der Waals surface area contributed by atoms with Crippen LogP contribution in [0.3, 0.4) is 0 Å². The summed E-state index contributed by atoms with van der Waals surface area (Å²) < 4.78 is 0.592. The summed E-state index contributed by atoms with van der Waals surface area (Å²) in [6, 6.07) is 5.71. The van der Waals surface area contributed by atoms with Crippen LogP contribution in [0.15, 0.2) is 22.7 Å². The van der Waals surface area contributed by atoms with Gasteiger partial charge in [0.15, 0.2) is 0 Å². The minimum atomic E-state index is -0.349. The highest BCUT2D eigenvalue weighted by Gasteiger charge is 2.25. The first-order valence-electron chi connectivity index (χ1n) is 7.14. The summed E-state index contributed by atoms with van der Waals surface area (Å²) in [4.78, 5) is 10.6. The van der Waals surface area contributed by atoms with Gasteiger partial charge < -0.3 is 5.32 Å². The lowest BCUT2D eigenvalue weighted by molar-refractivity contribution is -0.385. The van der Waals surface area contributed by atoms with Crippen molar-refractivity contribution in [1.29, 1.82) is 0 Å². The minimum absolute atomic E-state index is 0.134. The van der Waals surface area contributed by atoms with Gasteiger partial charge in [0.05, 0.1) is 9.40 Å². The predicted octanol–water partition coefficient (Wildman–Crippen LogP) is 4.27. The molecule has 0 radical (unpaired) electrons. The topological polar surface area (TPSA) is 55.2 Å². The van der Waals surface area contributed by atoms with Crippen LogP contribution in [0.25, 0.3) is 0 Å². The number of hydrogen-bond donors (Lipinski definition) is 1. The van der Waals surface area contributed by atoms with Gasteiger partial charge in [-0.1, -0.05) is 26.0 Å². The minimum Gasteiger partial charge on any atom is -0.310 e. The molecule has 3 atom stereocenters. The van der Waals surface area contributed by atoms with Gasteiger partial charge in [-0.2, -0.15) is 0 Å². The van der Waals surface area contributed by atoms with Crippen LogP contribution in [-0.4, -0.2) is 11.0 Å². The van der Waals surface area contributed by atoms with Crippen LogP contribution in [0.5, 0.6) is 0 Å². The highest BCUT2D eigenvalue weighted by Crippen LogP contribution is 2.31. The molecular formula is C15H21BrN2O2. The summed E-state index contributed by atoms with van der Waals surface area (Å²) in [6.07, 6.45) is 3.71. The Morgan fingerprint density at radius 2 is 2.15 bits per heavy atom. The summed E-state index contributed by atoms with van der Waals surface area (Å²) in [5, 5.41) is 14.5. The molecule has 5 heteroatoms. The van der Waals surface area contributed by atoms with Crippen molar-refractivity contribution in [2.45, 2.75) is 45.7 Å². The van der Waals surface area contributed by atoms with E-state index in [4.69, 9.17) is 0 Å². The van der Waals surface area contributed by atoms with E-state index in [1.165, 1.54) is 25.3 Å². The van der Waals surface area contributed by atoms with E-state index in [0.717, 1.165) is 11.5 Å². The lowest BCUT2D eigenvalue weighted by atomic mass is 9.80. The van der Waals surface area contributed by atoms with Crippen LogP contribution < -0.4 is 5.32 Å². The van der Waals surface area contributed by atoms with Crippen molar-refractivity contribution in [2.24, 2.45) is 11.8 Å². The molecule has 1 saturated carbocycles. The van der Waals surface area contributed by atoms with Gasteiger partial charge in [0, 0.05) is 18.7 Å². The Morgan fingerprint density at radius 3 is 2.80 bits per heavy atom. The van der Waals surface area contributed by atoms with Crippen molar-refractivity contribution in [3.05, 3.63) is 38.3 Å². The fourth-order valence-corrected chi connectivity index (χ4v) is 3.60. The lowest BCUT2D eigenvalue weighted by Gasteiger charge is -2.33. The van der Waals surface area contributed by atoms with Crippen LogP contribution in [0.1, 0.15) is 38.7 Å². The summed E-state index contributed by atoms with van der Waals surface area (Å²) in [6.45, 7) is 5.27. The number of benzene rings is 1. The molecule has 20 heavy (non-hydrogen) atoms. The van der Waals surface area contributed by atoms with E-state index in [0.29, 0.717) is 23.0 Å². The first-order chi connectivity index (χ1) is 9.49. The Bertz CT molecular complexity index is 493. The third-order valence-electron chi connectivity index (χ3n) is 4.24. The summed E-state index contributed by atoms with van der Waals surface area (Å²) in [5.41, 5.74) is 1.08. The SMILES string of the molecule is CC1CCC(NCc2cccc([N+](=O)[O-])c2Br)C(C)C1. The molecule has 3 unspecified atom stereocenters. The Balaban J connectivity index is 2.01. The van der Waals surface area contributed by atoms with Crippen LogP contribution in [0.4, 0.5) is 5.69 Å². The Morgan fingerprint density at radius 1 is 1.40 bits per heavy atom. The third kappa shape index (κ3) is 3.58. The fourth-order valence-electron chi connectivity index (χ4n) is 3.05. The molecule has 2 rings (SSSR count). The van der Waals surface area contributed by atoms with E-state index in [1.807, 2.05) is 6.07 Å². The van der Waals surface area contributed by atoms with Crippen LogP contribution >= 0.6 is 15.9 Å². The van der Waals surface area contributed by atoms with Crippen LogP contribution in [-0.2, 0) is 6.54 Å². The van der Waals surface area contributed by atoms with E-state index in [-0.39, 0.29) is 10.6 Å². The molecule has 0 aliphatic heterocycles. The second kappa shape index (κ2) is 6.68. The highest BCUT2D eigenvalue weighted by atomic mass is 79.9. The maximum atomic E-state index is 10.9. The Hall–Kier alpha value is -0.940. The molecule has 1 N–H and O–H groups in total. The summed E-state index contributed by atoms with van der Waals surface area (Å²) >= 11 is 3.35. The van der Waals surface area contributed by atoms with Crippen molar-refractivity contribution in [3.63, 3.8) is 0 Å². The number of rotatable bonds is 4. The van der Waals surface area contributed by atoms with Gasteiger partial charge in [-0.05, 0) is 52.6 Å². The zero-order valence-electron chi connectivity index (χ0n) is 11.9. The smallest absolute Gasteiger partial charge is 0.283 e. The first-order valence-corrected chi connectivity index (χ1v) is 7.93. The van der Waals surface area contributed by atoms with E-state index >= 15 is 0 Å². The van der Waals surface area contributed by atoms with Gasteiger partial charge in [-0.15, -0.1) is 0 Å². The number of nitro groups is 1. The third-order valence-corrected chi connectivity index (χ3v) is 5.16. The van der Waals surface area contributed by atoms with Gasteiger partial charge in [-0.25, -0.2) is 0 Å². The van der Waals surface area contributed by atoms with Gasteiger partial charge in [0.1, 0.15) is 0 Å². The number of nitrogens with zero attached hydrogens (tertiary/aromatic N) is 1. The first kappa shape index (κ1) is 15.4. The van der Waals surface area contributed by atoms with Gasteiger partial charge >= 0.3 is 0 Å². The fraction of sp³-hybridized carbons (Fsp3) is 0.600. The Kier molecular flexibility index (Phi) is 5.16. The largest absolute Gasteiger partial charge is 0.310 e. The molecule has 1 aromatic rings. The zero-order valence-corrected chi connectivity index (χ0v) is 13.5. The monoisotopic (exact) mass is 340 g/mol. The summed E-state index contributed by atoms with van der Waals surface area (Å²) in [7, 11) is 0. The molecule has 0 amide bonds. The second-order valence-corrected chi connectivity index (χ2v) is 6.68. The molecule has 0 bridgehead atoms. The summed E-state index contributed by atoms with van der Waals surface area (Å²) in [5.74, 6) is 1.48. The second-order valence-electron chi connectivity index (χ2n) is 5.89. The van der Waals surface area contributed by atoms with Crippen molar-refractivity contribution < 1.29 is 4.92 Å². The van der Waals surface area contributed by atoms with Crippen LogP contribution in [0.2, 0.25) is 0 Å². The molecular weight excluding hydrogens is 320 g/mol. The average Bonchev–Trinajstić information content (AvgIpc) is 2.39. The van der Waals surface area contributed by atoms with Crippen LogP contribution in [0, 0.1) is 22.0 Å². The predicted molar refractivity (Wildman–Crippen MR) is 83.6 cm³/mol. The van der Waals surface area contributed by atoms with E-state index in [2.05, 4.69) is 35.1 Å². The molecule has 1 aliphatic carbocycles.